The first-order chi connectivity index (χ1) is 10.1. The van der Waals surface area contributed by atoms with Gasteiger partial charge in [0, 0.05) is 12.1 Å². The van der Waals surface area contributed by atoms with E-state index in [4.69, 9.17) is 23.1 Å². The molecule has 0 aliphatic heterocycles. The van der Waals surface area contributed by atoms with Gasteiger partial charge in [-0.05, 0) is 42.3 Å². The number of rotatable bonds is 6. The predicted molar refractivity (Wildman–Crippen MR) is 86.5 cm³/mol. The minimum atomic E-state index is -0.487. The summed E-state index contributed by atoms with van der Waals surface area (Å²) in [5.74, 6) is -0.487. The molecule has 2 rings (SSSR count). The molecule has 0 atom stereocenters. The van der Waals surface area contributed by atoms with Crippen molar-refractivity contribution in [3.8, 4) is 0 Å². The molecule has 0 bridgehead atoms. The maximum absolute atomic E-state index is 11.1. The second-order valence-corrected chi connectivity index (χ2v) is 5.17. The molecule has 0 aliphatic rings. The first-order valence-corrected chi connectivity index (χ1v) is 7.09. The fourth-order valence-corrected chi connectivity index (χ4v) is 2.25. The number of primary amides is 1. The molecule has 0 spiro atoms. The number of carbonyl (C=O) groups excluding carboxylic acids is 1. The van der Waals surface area contributed by atoms with Gasteiger partial charge in [0.2, 0.25) is 5.91 Å². The Balaban J connectivity index is 2.01. The summed E-state index contributed by atoms with van der Waals surface area (Å²) < 4.78 is 0. The van der Waals surface area contributed by atoms with Crippen LogP contribution in [0.3, 0.4) is 0 Å². The molecule has 2 aromatic rings. The van der Waals surface area contributed by atoms with Crippen molar-refractivity contribution in [2.24, 2.45) is 11.5 Å². The third-order valence-electron chi connectivity index (χ3n) is 3.19. The molecule has 0 heterocycles. The van der Waals surface area contributed by atoms with E-state index in [2.05, 4.69) is 29.6 Å². The SMILES string of the molecule is NCCc1ccc(CNc2ccc(C(N)=O)cc2Cl)cc1. The van der Waals surface area contributed by atoms with Gasteiger partial charge in [-0.3, -0.25) is 4.79 Å². The topological polar surface area (TPSA) is 81.1 Å². The summed E-state index contributed by atoms with van der Waals surface area (Å²) in [6.45, 7) is 1.30. The van der Waals surface area contributed by atoms with E-state index in [1.807, 2.05) is 0 Å². The number of nitrogens with two attached hydrogens (primary N) is 2. The first-order valence-electron chi connectivity index (χ1n) is 6.71. The molecule has 0 fully saturated rings. The molecule has 2 aromatic carbocycles. The molecule has 21 heavy (non-hydrogen) atoms. The Bertz CT molecular complexity index is 626. The molecule has 0 unspecified atom stereocenters. The zero-order valence-electron chi connectivity index (χ0n) is 11.6. The maximum atomic E-state index is 11.1. The minimum absolute atomic E-state index is 0.400. The number of hydrogen-bond donors (Lipinski definition) is 3. The molecule has 0 saturated heterocycles. The lowest BCUT2D eigenvalue weighted by Crippen LogP contribution is -2.11. The van der Waals surface area contributed by atoms with Crippen molar-refractivity contribution < 1.29 is 4.79 Å². The van der Waals surface area contributed by atoms with Gasteiger partial charge in [0.05, 0.1) is 10.7 Å². The number of anilines is 1. The number of halogens is 1. The van der Waals surface area contributed by atoms with Gasteiger partial charge in [-0.15, -0.1) is 0 Å². The van der Waals surface area contributed by atoms with E-state index < -0.39 is 5.91 Å². The van der Waals surface area contributed by atoms with Crippen molar-refractivity contribution in [1.82, 2.24) is 0 Å². The molecule has 110 valence electrons. The fourth-order valence-electron chi connectivity index (χ4n) is 2.00. The first kappa shape index (κ1) is 15.4. The predicted octanol–water partition coefficient (Wildman–Crippen LogP) is 2.55. The summed E-state index contributed by atoms with van der Waals surface area (Å²) in [5.41, 5.74) is 14.3. The molecule has 0 radical (unpaired) electrons. The lowest BCUT2D eigenvalue weighted by atomic mass is 10.1. The van der Waals surface area contributed by atoms with Gasteiger partial charge in [-0.1, -0.05) is 35.9 Å². The van der Waals surface area contributed by atoms with Crippen molar-refractivity contribution in [3.05, 3.63) is 64.2 Å². The Morgan fingerprint density at radius 3 is 2.33 bits per heavy atom. The van der Waals surface area contributed by atoms with Crippen molar-refractivity contribution in [3.63, 3.8) is 0 Å². The monoisotopic (exact) mass is 303 g/mol. The van der Waals surface area contributed by atoms with Crippen molar-refractivity contribution in [1.29, 1.82) is 0 Å². The smallest absolute Gasteiger partial charge is 0.248 e. The normalized spacial score (nSPS) is 10.4. The van der Waals surface area contributed by atoms with E-state index in [0.717, 1.165) is 17.7 Å². The van der Waals surface area contributed by atoms with Crippen LogP contribution < -0.4 is 16.8 Å². The zero-order valence-corrected chi connectivity index (χ0v) is 12.4. The summed E-state index contributed by atoms with van der Waals surface area (Å²) in [6.07, 6.45) is 0.883. The van der Waals surface area contributed by atoms with Crippen LogP contribution in [0.1, 0.15) is 21.5 Å². The van der Waals surface area contributed by atoms with Gasteiger partial charge in [0.1, 0.15) is 0 Å². The highest BCUT2D eigenvalue weighted by Crippen LogP contribution is 2.23. The average Bonchev–Trinajstić information content (AvgIpc) is 2.47. The van der Waals surface area contributed by atoms with Crippen LogP contribution in [0.5, 0.6) is 0 Å². The quantitative estimate of drug-likeness (QED) is 0.767. The highest BCUT2D eigenvalue weighted by molar-refractivity contribution is 6.33. The van der Waals surface area contributed by atoms with Crippen LogP contribution >= 0.6 is 11.6 Å². The van der Waals surface area contributed by atoms with Gasteiger partial charge >= 0.3 is 0 Å². The highest BCUT2D eigenvalue weighted by atomic mass is 35.5. The molecule has 1 amide bonds. The number of carbonyl (C=O) groups is 1. The van der Waals surface area contributed by atoms with Gasteiger partial charge in [0.15, 0.2) is 0 Å². The lowest BCUT2D eigenvalue weighted by Gasteiger charge is -2.10. The van der Waals surface area contributed by atoms with Crippen LogP contribution in [0, 0.1) is 0 Å². The van der Waals surface area contributed by atoms with Crippen molar-refractivity contribution in [2.45, 2.75) is 13.0 Å². The molecular weight excluding hydrogens is 286 g/mol. The second kappa shape index (κ2) is 7.11. The number of benzene rings is 2. The third kappa shape index (κ3) is 4.21. The average molecular weight is 304 g/mol. The highest BCUT2D eigenvalue weighted by Gasteiger charge is 2.05. The summed E-state index contributed by atoms with van der Waals surface area (Å²) >= 11 is 6.12. The van der Waals surface area contributed by atoms with Crippen LogP contribution in [-0.2, 0) is 13.0 Å². The minimum Gasteiger partial charge on any atom is -0.380 e. The van der Waals surface area contributed by atoms with E-state index >= 15 is 0 Å². The summed E-state index contributed by atoms with van der Waals surface area (Å²) in [4.78, 5) is 11.1. The molecule has 0 saturated carbocycles. The van der Waals surface area contributed by atoms with E-state index in [-0.39, 0.29) is 0 Å². The number of hydrogen-bond acceptors (Lipinski definition) is 3. The van der Waals surface area contributed by atoms with Crippen LogP contribution in [-0.4, -0.2) is 12.5 Å². The second-order valence-electron chi connectivity index (χ2n) is 4.77. The molecule has 0 aliphatic carbocycles. The number of nitrogens with one attached hydrogen (secondary N) is 1. The lowest BCUT2D eigenvalue weighted by molar-refractivity contribution is 0.100. The number of amides is 1. The van der Waals surface area contributed by atoms with E-state index in [9.17, 15) is 4.79 Å². The third-order valence-corrected chi connectivity index (χ3v) is 3.51. The molecule has 0 aromatic heterocycles. The van der Waals surface area contributed by atoms with E-state index in [1.54, 1.807) is 18.2 Å². The Morgan fingerprint density at radius 2 is 1.76 bits per heavy atom. The van der Waals surface area contributed by atoms with Gasteiger partial charge in [-0.2, -0.15) is 0 Å². The molecular formula is C16H18ClN3O. The summed E-state index contributed by atoms with van der Waals surface area (Å²) in [7, 11) is 0. The fraction of sp³-hybridized carbons (Fsp3) is 0.188. The Labute approximate surface area is 129 Å². The molecule has 5 heteroatoms. The van der Waals surface area contributed by atoms with Crippen LogP contribution in [0.25, 0.3) is 0 Å². The molecule has 4 nitrogen and oxygen atoms in total. The summed E-state index contributed by atoms with van der Waals surface area (Å²) in [6, 6.07) is 13.2. The van der Waals surface area contributed by atoms with Crippen LogP contribution in [0.4, 0.5) is 5.69 Å². The van der Waals surface area contributed by atoms with Crippen LogP contribution in [0.2, 0.25) is 5.02 Å². The molecule has 5 N–H and O–H groups in total. The maximum Gasteiger partial charge on any atom is 0.248 e. The Morgan fingerprint density at radius 1 is 1.10 bits per heavy atom. The Hall–Kier alpha value is -2.04. The van der Waals surface area contributed by atoms with Gasteiger partial charge < -0.3 is 16.8 Å². The van der Waals surface area contributed by atoms with Crippen molar-refractivity contribution in [2.75, 3.05) is 11.9 Å². The van der Waals surface area contributed by atoms with Gasteiger partial charge in [-0.25, -0.2) is 0 Å². The largest absolute Gasteiger partial charge is 0.380 e. The van der Waals surface area contributed by atoms with Crippen molar-refractivity contribution >= 4 is 23.2 Å². The zero-order chi connectivity index (χ0) is 15.2. The van der Waals surface area contributed by atoms with Gasteiger partial charge in [0.25, 0.3) is 0 Å². The van der Waals surface area contributed by atoms with Crippen LogP contribution in [0.15, 0.2) is 42.5 Å². The van der Waals surface area contributed by atoms with E-state index in [1.165, 1.54) is 5.56 Å². The standard InChI is InChI=1S/C16H18ClN3O/c17-14-9-13(16(19)21)5-6-15(14)20-10-12-3-1-11(2-4-12)7-8-18/h1-6,9,20H,7-8,10,18H2,(H2,19,21). The van der Waals surface area contributed by atoms with E-state index in [0.29, 0.717) is 23.7 Å². The Kier molecular flexibility index (Phi) is 5.20. The summed E-state index contributed by atoms with van der Waals surface area (Å²) in [5, 5.41) is 3.72.